The van der Waals surface area contributed by atoms with E-state index in [4.69, 9.17) is 0 Å². The molecule has 3 heteroatoms. The van der Waals surface area contributed by atoms with Crippen molar-refractivity contribution in [2.45, 2.75) is 6.92 Å². The van der Waals surface area contributed by atoms with Crippen molar-refractivity contribution in [1.29, 1.82) is 0 Å². The van der Waals surface area contributed by atoms with Crippen molar-refractivity contribution in [3.05, 3.63) is 71.5 Å². The number of hydrazine groups is 1. The fourth-order valence-electron chi connectivity index (χ4n) is 1.51. The molecule has 86 valence electrons. The van der Waals surface area contributed by atoms with Crippen molar-refractivity contribution in [3.8, 4) is 0 Å². The zero-order valence-corrected chi connectivity index (χ0v) is 9.60. The van der Waals surface area contributed by atoms with E-state index in [9.17, 15) is 4.79 Å². The zero-order chi connectivity index (χ0) is 12.1. The highest BCUT2D eigenvalue weighted by Crippen LogP contribution is 2.10. The van der Waals surface area contributed by atoms with Crippen LogP contribution in [0, 0.1) is 0 Å². The second-order valence-corrected chi connectivity index (χ2v) is 3.74. The molecule has 0 radical (unpaired) electrons. The second-order valence-electron chi connectivity index (χ2n) is 3.74. The third kappa shape index (κ3) is 2.84. The molecular formula is C14H14N2O. The lowest BCUT2D eigenvalue weighted by atomic mass is 10.2. The minimum Gasteiger partial charge on any atom is -0.302 e. The molecule has 0 aliphatic heterocycles. The Hall–Kier alpha value is -2.29. The largest absolute Gasteiger partial charge is 0.302 e. The summed E-state index contributed by atoms with van der Waals surface area (Å²) in [6, 6.07) is 9.10. The van der Waals surface area contributed by atoms with Crippen LogP contribution in [0.15, 0.2) is 65.9 Å². The summed E-state index contributed by atoms with van der Waals surface area (Å²) >= 11 is 0. The van der Waals surface area contributed by atoms with E-state index in [0.717, 1.165) is 11.3 Å². The Morgan fingerprint density at radius 2 is 1.65 bits per heavy atom. The number of rotatable bonds is 3. The Morgan fingerprint density at radius 1 is 1.00 bits per heavy atom. The second kappa shape index (κ2) is 5.16. The molecule has 0 atom stereocenters. The van der Waals surface area contributed by atoms with Gasteiger partial charge in [-0.15, -0.1) is 0 Å². The molecule has 0 fully saturated rings. The number of carbonyl (C=O) groups is 1. The van der Waals surface area contributed by atoms with Crippen LogP contribution in [-0.2, 0) is 0 Å². The molecule has 0 aromatic heterocycles. The number of nitrogens with one attached hydrogen (secondary N) is 2. The van der Waals surface area contributed by atoms with Crippen LogP contribution in [0.5, 0.6) is 0 Å². The van der Waals surface area contributed by atoms with E-state index < -0.39 is 0 Å². The fourth-order valence-corrected chi connectivity index (χ4v) is 1.51. The van der Waals surface area contributed by atoms with Gasteiger partial charge >= 0.3 is 0 Å². The van der Waals surface area contributed by atoms with Gasteiger partial charge in [-0.2, -0.15) is 0 Å². The van der Waals surface area contributed by atoms with Gasteiger partial charge in [-0.25, -0.2) is 0 Å². The molecule has 1 aliphatic carbocycles. The molecule has 2 rings (SSSR count). The molecule has 1 aliphatic rings. The molecule has 1 aromatic rings. The fraction of sp³-hybridized carbons (Fsp3) is 0.0714. The smallest absolute Gasteiger partial charge is 0.269 e. The summed E-state index contributed by atoms with van der Waals surface area (Å²) in [5.41, 5.74) is 8.18. The van der Waals surface area contributed by atoms with E-state index in [1.54, 1.807) is 12.1 Å². The van der Waals surface area contributed by atoms with E-state index in [1.807, 2.05) is 49.4 Å². The Balaban J connectivity index is 1.95. The average molecular weight is 226 g/mol. The van der Waals surface area contributed by atoms with Gasteiger partial charge in [0.25, 0.3) is 5.91 Å². The minimum atomic E-state index is -0.142. The summed E-state index contributed by atoms with van der Waals surface area (Å²) in [4.78, 5) is 11.7. The Morgan fingerprint density at radius 3 is 2.29 bits per heavy atom. The topological polar surface area (TPSA) is 41.1 Å². The van der Waals surface area contributed by atoms with Gasteiger partial charge in [-0.1, -0.05) is 42.5 Å². The van der Waals surface area contributed by atoms with Crippen LogP contribution in [0.25, 0.3) is 0 Å². The Bertz CT molecular complexity index is 484. The van der Waals surface area contributed by atoms with Gasteiger partial charge in [0, 0.05) is 11.3 Å². The van der Waals surface area contributed by atoms with Crippen molar-refractivity contribution >= 4 is 5.91 Å². The molecule has 17 heavy (non-hydrogen) atoms. The molecule has 0 unspecified atom stereocenters. The number of allylic oxidation sites excluding steroid dienone is 6. The molecule has 0 spiro atoms. The van der Waals surface area contributed by atoms with Gasteiger partial charge in [0.05, 0.1) is 0 Å². The number of hydrogen-bond donors (Lipinski definition) is 2. The third-order valence-corrected chi connectivity index (χ3v) is 2.50. The molecule has 1 aromatic carbocycles. The molecule has 0 heterocycles. The summed E-state index contributed by atoms with van der Waals surface area (Å²) in [5, 5.41) is 0. The molecule has 1 amide bonds. The summed E-state index contributed by atoms with van der Waals surface area (Å²) in [7, 11) is 0. The number of amides is 1. The lowest BCUT2D eigenvalue weighted by Crippen LogP contribution is -2.36. The van der Waals surface area contributed by atoms with E-state index in [2.05, 4.69) is 10.9 Å². The highest BCUT2D eigenvalue weighted by atomic mass is 16.2. The first-order valence-electron chi connectivity index (χ1n) is 5.44. The first-order valence-corrected chi connectivity index (χ1v) is 5.44. The minimum absolute atomic E-state index is 0.142. The lowest BCUT2D eigenvalue weighted by Gasteiger charge is -2.10. The van der Waals surface area contributed by atoms with Gasteiger partial charge in [0.15, 0.2) is 0 Å². The average Bonchev–Trinajstić information content (AvgIpc) is 2.90. The quantitative estimate of drug-likeness (QED) is 0.777. The van der Waals surface area contributed by atoms with Crippen LogP contribution in [0.3, 0.4) is 0 Å². The van der Waals surface area contributed by atoms with Crippen LogP contribution in [0.2, 0.25) is 0 Å². The van der Waals surface area contributed by atoms with Gasteiger partial charge in [0.1, 0.15) is 0 Å². The van der Waals surface area contributed by atoms with Gasteiger partial charge in [0.2, 0.25) is 0 Å². The molecular weight excluding hydrogens is 212 g/mol. The summed E-state index contributed by atoms with van der Waals surface area (Å²) in [6.07, 6.45) is 7.88. The van der Waals surface area contributed by atoms with E-state index >= 15 is 0 Å². The maximum absolute atomic E-state index is 11.7. The first-order chi connectivity index (χ1) is 8.27. The SMILES string of the molecule is CC(NNC(=O)c1ccccc1)=C1C=CC=C1. The predicted molar refractivity (Wildman–Crippen MR) is 68.0 cm³/mol. The van der Waals surface area contributed by atoms with Gasteiger partial charge in [-0.05, 0) is 24.6 Å². The summed E-state index contributed by atoms with van der Waals surface area (Å²) < 4.78 is 0. The highest BCUT2D eigenvalue weighted by molar-refractivity contribution is 5.93. The molecule has 0 saturated carbocycles. The normalized spacial score (nSPS) is 12.6. The van der Waals surface area contributed by atoms with Crippen molar-refractivity contribution in [1.82, 2.24) is 10.9 Å². The maximum Gasteiger partial charge on any atom is 0.269 e. The first kappa shape index (κ1) is 11.2. The van der Waals surface area contributed by atoms with Crippen molar-refractivity contribution in [3.63, 3.8) is 0 Å². The van der Waals surface area contributed by atoms with Crippen molar-refractivity contribution in [2.75, 3.05) is 0 Å². The van der Waals surface area contributed by atoms with E-state index in [0.29, 0.717) is 5.56 Å². The molecule has 0 saturated heterocycles. The van der Waals surface area contributed by atoms with Crippen LogP contribution in [0.4, 0.5) is 0 Å². The van der Waals surface area contributed by atoms with Crippen molar-refractivity contribution in [2.24, 2.45) is 0 Å². The summed E-state index contributed by atoms with van der Waals surface area (Å²) in [6.45, 7) is 1.92. The van der Waals surface area contributed by atoms with Crippen LogP contribution in [-0.4, -0.2) is 5.91 Å². The van der Waals surface area contributed by atoms with Crippen molar-refractivity contribution < 1.29 is 4.79 Å². The Kier molecular flexibility index (Phi) is 3.40. The molecule has 2 N–H and O–H groups in total. The third-order valence-electron chi connectivity index (χ3n) is 2.50. The van der Waals surface area contributed by atoms with Crippen LogP contribution >= 0.6 is 0 Å². The van der Waals surface area contributed by atoms with E-state index in [1.165, 1.54) is 0 Å². The number of benzene rings is 1. The number of carbonyl (C=O) groups excluding carboxylic acids is 1. The number of hydrogen-bond acceptors (Lipinski definition) is 2. The van der Waals surface area contributed by atoms with Gasteiger partial charge in [-0.3, -0.25) is 10.2 Å². The van der Waals surface area contributed by atoms with Gasteiger partial charge < -0.3 is 5.43 Å². The standard InChI is InChI=1S/C14H14N2O/c1-11(12-7-5-6-8-12)15-16-14(17)13-9-3-2-4-10-13/h2-10,15H,1H3,(H,16,17). The predicted octanol–water partition coefficient (Wildman–Crippen LogP) is 2.32. The zero-order valence-electron chi connectivity index (χ0n) is 9.60. The highest BCUT2D eigenvalue weighted by Gasteiger charge is 2.04. The summed E-state index contributed by atoms with van der Waals surface area (Å²) in [5.74, 6) is -0.142. The van der Waals surface area contributed by atoms with Crippen LogP contribution in [0.1, 0.15) is 17.3 Å². The monoisotopic (exact) mass is 226 g/mol. The Labute approximate surface area is 101 Å². The van der Waals surface area contributed by atoms with E-state index in [-0.39, 0.29) is 5.91 Å². The van der Waals surface area contributed by atoms with Crippen LogP contribution < -0.4 is 10.9 Å². The molecule has 3 nitrogen and oxygen atoms in total. The lowest BCUT2D eigenvalue weighted by molar-refractivity contribution is 0.0939. The maximum atomic E-state index is 11.7. The molecule has 0 bridgehead atoms.